The molecule has 1 heterocycles. The van der Waals surface area contributed by atoms with Gasteiger partial charge in [0.25, 0.3) is 0 Å². The SMILES string of the molecule is CCO[n+]1ccc(OC)cc1. The van der Waals surface area contributed by atoms with Gasteiger partial charge in [0.1, 0.15) is 5.75 Å². The van der Waals surface area contributed by atoms with Gasteiger partial charge in [-0.3, -0.25) is 4.84 Å². The normalized spacial score (nSPS) is 9.27. The minimum Gasteiger partial charge on any atom is -0.496 e. The molecule has 0 amide bonds. The lowest BCUT2D eigenvalue weighted by Gasteiger charge is -1.96. The Bertz CT molecular complexity index is 208. The summed E-state index contributed by atoms with van der Waals surface area (Å²) in [6.45, 7) is 2.61. The number of hydrogen-bond donors (Lipinski definition) is 0. The number of rotatable bonds is 3. The molecule has 0 radical (unpaired) electrons. The van der Waals surface area contributed by atoms with E-state index in [0.29, 0.717) is 6.61 Å². The van der Waals surface area contributed by atoms with Crippen LogP contribution in [0.25, 0.3) is 0 Å². The van der Waals surface area contributed by atoms with Crippen molar-refractivity contribution in [2.75, 3.05) is 13.7 Å². The lowest BCUT2D eigenvalue weighted by molar-refractivity contribution is -0.891. The summed E-state index contributed by atoms with van der Waals surface area (Å²) < 4.78 is 6.62. The van der Waals surface area contributed by atoms with Crippen molar-refractivity contribution < 1.29 is 14.3 Å². The topological polar surface area (TPSA) is 22.3 Å². The second-order valence-corrected chi connectivity index (χ2v) is 2.02. The maximum absolute atomic E-state index is 5.17. The lowest BCUT2D eigenvalue weighted by Crippen LogP contribution is -2.41. The number of methoxy groups -OCH3 is 1. The van der Waals surface area contributed by atoms with Gasteiger partial charge in [-0.05, 0) is 6.92 Å². The van der Waals surface area contributed by atoms with Crippen LogP contribution in [0.5, 0.6) is 5.75 Å². The molecule has 1 rings (SSSR count). The number of hydrogen-bond acceptors (Lipinski definition) is 2. The largest absolute Gasteiger partial charge is 0.496 e. The Kier molecular flexibility index (Phi) is 2.72. The molecule has 3 heteroatoms. The highest BCUT2D eigenvalue weighted by molar-refractivity contribution is 5.13. The molecule has 0 spiro atoms. The minimum absolute atomic E-state index is 0.664. The molecule has 1 aromatic heterocycles. The maximum atomic E-state index is 5.17. The highest BCUT2D eigenvalue weighted by Crippen LogP contribution is 2.02. The molecule has 0 aliphatic heterocycles. The molecule has 3 nitrogen and oxygen atoms in total. The van der Waals surface area contributed by atoms with E-state index in [1.807, 2.05) is 31.5 Å². The fourth-order valence-electron chi connectivity index (χ4n) is 0.770. The van der Waals surface area contributed by atoms with Crippen molar-refractivity contribution in [3.63, 3.8) is 0 Å². The fourth-order valence-corrected chi connectivity index (χ4v) is 0.770. The molecule has 0 unspecified atom stereocenters. The van der Waals surface area contributed by atoms with Crippen LogP contribution >= 0.6 is 0 Å². The van der Waals surface area contributed by atoms with Crippen molar-refractivity contribution in [2.45, 2.75) is 6.92 Å². The van der Waals surface area contributed by atoms with Crippen LogP contribution in [0.3, 0.4) is 0 Å². The van der Waals surface area contributed by atoms with E-state index in [1.165, 1.54) is 0 Å². The van der Waals surface area contributed by atoms with Crippen LogP contribution in [0.2, 0.25) is 0 Å². The van der Waals surface area contributed by atoms with Gasteiger partial charge in [-0.25, -0.2) is 0 Å². The van der Waals surface area contributed by atoms with E-state index >= 15 is 0 Å². The second kappa shape index (κ2) is 3.81. The Hall–Kier alpha value is -1.25. The van der Waals surface area contributed by atoms with Crippen molar-refractivity contribution in [1.82, 2.24) is 0 Å². The van der Waals surface area contributed by atoms with E-state index in [2.05, 4.69) is 0 Å². The Morgan fingerprint density at radius 3 is 2.45 bits per heavy atom. The van der Waals surface area contributed by atoms with Gasteiger partial charge < -0.3 is 4.74 Å². The zero-order valence-corrected chi connectivity index (χ0v) is 6.78. The molecule has 1 aromatic rings. The first-order valence-corrected chi connectivity index (χ1v) is 3.55. The van der Waals surface area contributed by atoms with Crippen LogP contribution < -0.4 is 14.3 Å². The third kappa shape index (κ3) is 2.11. The van der Waals surface area contributed by atoms with Gasteiger partial charge in [0.15, 0.2) is 6.61 Å². The van der Waals surface area contributed by atoms with E-state index in [-0.39, 0.29) is 0 Å². The van der Waals surface area contributed by atoms with Gasteiger partial charge >= 0.3 is 0 Å². The molecule has 0 fully saturated rings. The Morgan fingerprint density at radius 1 is 1.36 bits per heavy atom. The maximum Gasteiger partial charge on any atom is 0.226 e. The van der Waals surface area contributed by atoms with Crippen LogP contribution in [-0.4, -0.2) is 13.7 Å². The Labute approximate surface area is 66.1 Å². The molecule has 60 valence electrons. The van der Waals surface area contributed by atoms with Crippen LogP contribution in [0.1, 0.15) is 6.92 Å². The zero-order valence-electron chi connectivity index (χ0n) is 6.78. The molecule has 0 aliphatic rings. The number of nitrogens with zero attached hydrogens (tertiary/aromatic N) is 1. The molecule has 0 atom stereocenters. The van der Waals surface area contributed by atoms with Crippen molar-refractivity contribution in [3.05, 3.63) is 24.5 Å². The Morgan fingerprint density at radius 2 is 2.00 bits per heavy atom. The van der Waals surface area contributed by atoms with Gasteiger partial charge in [-0.2, -0.15) is 0 Å². The molecule has 0 saturated carbocycles. The smallest absolute Gasteiger partial charge is 0.226 e. The van der Waals surface area contributed by atoms with Gasteiger partial charge in [-0.1, -0.05) is 0 Å². The lowest BCUT2D eigenvalue weighted by atomic mass is 10.5. The molecular formula is C8H12NO2+. The summed E-state index contributed by atoms with van der Waals surface area (Å²) in [6, 6.07) is 3.69. The molecule has 11 heavy (non-hydrogen) atoms. The Balaban J connectivity index is 2.66. The average molecular weight is 154 g/mol. The van der Waals surface area contributed by atoms with Crippen molar-refractivity contribution in [1.29, 1.82) is 0 Å². The van der Waals surface area contributed by atoms with E-state index in [1.54, 1.807) is 11.8 Å². The number of pyridine rings is 1. The first-order valence-electron chi connectivity index (χ1n) is 3.55. The van der Waals surface area contributed by atoms with Crippen LogP contribution in [0, 0.1) is 0 Å². The highest BCUT2D eigenvalue weighted by atomic mass is 16.7. The zero-order chi connectivity index (χ0) is 8.10. The van der Waals surface area contributed by atoms with Crippen LogP contribution in [0.4, 0.5) is 0 Å². The van der Waals surface area contributed by atoms with Gasteiger partial charge in [0.05, 0.1) is 7.11 Å². The summed E-state index contributed by atoms with van der Waals surface area (Å²) in [7, 11) is 1.64. The molecule has 0 aliphatic carbocycles. The van der Waals surface area contributed by atoms with Crippen molar-refractivity contribution in [2.24, 2.45) is 0 Å². The number of ether oxygens (including phenoxy) is 1. The first-order chi connectivity index (χ1) is 5.36. The molecule has 0 saturated heterocycles. The monoisotopic (exact) mass is 154 g/mol. The van der Waals surface area contributed by atoms with E-state index in [4.69, 9.17) is 9.57 Å². The second-order valence-electron chi connectivity index (χ2n) is 2.02. The third-order valence-electron chi connectivity index (χ3n) is 1.29. The fraction of sp³-hybridized carbons (Fsp3) is 0.375. The van der Waals surface area contributed by atoms with Gasteiger partial charge in [0.2, 0.25) is 12.4 Å². The van der Waals surface area contributed by atoms with E-state index < -0.39 is 0 Å². The predicted molar refractivity (Wildman–Crippen MR) is 40.3 cm³/mol. The standard InChI is InChI=1S/C8H12NO2/c1-3-11-9-6-4-8(10-2)5-7-9/h4-7H,3H2,1-2H3/q+1. The first kappa shape index (κ1) is 7.85. The summed E-state index contributed by atoms with van der Waals surface area (Å²) in [4.78, 5) is 5.17. The van der Waals surface area contributed by atoms with Gasteiger partial charge in [-0.15, -0.1) is 0 Å². The molecule has 0 bridgehead atoms. The van der Waals surface area contributed by atoms with Crippen molar-refractivity contribution >= 4 is 0 Å². The summed E-state index contributed by atoms with van der Waals surface area (Å²) in [5.74, 6) is 0.834. The van der Waals surface area contributed by atoms with Crippen LogP contribution in [-0.2, 0) is 0 Å². The number of aromatic nitrogens is 1. The summed E-state index contributed by atoms with van der Waals surface area (Å²) in [5, 5.41) is 0. The average Bonchev–Trinajstić information content (AvgIpc) is 2.07. The summed E-state index contributed by atoms with van der Waals surface area (Å²) in [6.07, 6.45) is 3.62. The molecule has 0 aromatic carbocycles. The third-order valence-corrected chi connectivity index (χ3v) is 1.29. The van der Waals surface area contributed by atoms with Crippen LogP contribution in [0.15, 0.2) is 24.5 Å². The van der Waals surface area contributed by atoms with Gasteiger partial charge in [0, 0.05) is 16.9 Å². The van der Waals surface area contributed by atoms with E-state index in [0.717, 1.165) is 5.75 Å². The van der Waals surface area contributed by atoms with Crippen molar-refractivity contribution in [3.8, 4) is 5.75 Å². The summed E-state index contributed by atoms with van der Waals surface area (Å²) in [5.41, 5.74) is 0. The predicted octanol–water partition coefficient (Wildman–Crippen LogP) is 0.431. The molecule has 0 N–H and O–H groups in total. The highest BCUT2D eigenvalue weighted by Gasteiger charge is 1.98. The van der Waals surface area contributed by atoms with E-state index in [9.17, 15) is 0 Å². The summed E-state index contributed by atoms with van der Waals surface area (Å²) >= 11 is 0. The quantitative estimate of drug-likeness (QED) is 0.589. The minimum atomic E-state index is 0.664. The molecular weight excluding hydrogens is 142 g/mol.